The highest BCUT2D eigenvalue weighted by Crippen LogP contribution is 2.39. The second kappa shape index (κ2) is 8.59. The molecule has 1 heterocycles. The third kappa shape index (κ3) is 4.90. The summed E-state index contributed by atoms with van der Waals surface area (Å²) in [6.07, 6.45) is 0. The molecule has 5 aromatic rings. The van der Waals surface area contributed by atoms with Crippen LogP contribution in [0.3, 0.4) is 0 Å². The Kier molecular flexibility index (Phi) is 5.97. The fourth-order valence-electron chi connectivity index (χ4n) is 4.12. The first-order valence-electron chi connectivity index (χ1n) is 10.4. The summed E-state index contributed by atoms with van der Waals surface area (Å²) in [5.74, 6) is 0. The zero-order chi connectivity index (χ0) is 23.8. The smallest absolute Gasteiger partial charge is 0.418 e. The van der Waals surface area contributed by atoms with Crippen molar-refractivity contribution in [3.05, 3.63) is 84.9 Å². The molecule has 0 spiro atoms. The van der Waals surface area contributed by atoms with Crippen molar-refractivity contribution in [2.45, 2.75) is 13.1 Å². The number of fused-ring (bicyclic) bond motifs is 3. The molecule has 0 aliphatic heterocycles. The van der Waals surface area contributed by atoms with Crippen LogP contribution >= 0.6 is 0 Å². The van der Waals surface area contributed by atoms with Crippen LogP contribution in [0.5, 0.6) is 0 Å². The summed E-state index contributed by atoms with van der Waals surface area (Å²) in [5, 5.41) is 5.02. The molecule has 33 heavy (non-hydrogen) atoms. The van der Waals surface area contributed by atoms with Gasteiger partial charge >= 0.3 is 18.4 Å². The van der Waals surface area contributed by atoms with Gasteiger partial charge in [-0.2, -0.15) is 0 Å². The van der Waals surface area contributed by atoms with Gasteiger partial charge in [0.15, 0.2) is 0 Å². The highest BCUT2D eigenvalue weighted by Gasteiger charge is 2.28. The zero-order valence-corrected chi connectivity index (χ0v) is 19.0. The van der Waals surface area contributed by atoms with E-state index in [1.807, 2.05) is 48.5 Å². The van der Waals surface area contributed by atoms with Crippen molar-refractivity contribution in [1.82, 2.24) is 0 Å². The maximum Gasteiger partial charge on any atom is 0.673 e. The molecule has 1 nitrogen and oxygen atoms in total. The van der Waals surface area contributed by atoms with Gasteiger partial charge in [-0.1, -0.05) is 60.7 Å². The van der Waals surface area contributed by atoms with Crippen molar-refractivity contribution < 1.29 is 25.8 Å². The average molecular weight is 470 g/mol. The maximum atomic E-state index is 15.3. The Morgan fingerprint density at radius 2 is 1.15 bits per heavy atom. The van der Waals surface area contributed by atoms with Crippen LogP contribution in [-0.2, 0) is 0 Å². The molecule has 0 amide bonds. The molecular weight excluding hydrogens is 450 g/mol. The van der Waals surface area contributed by atoms with Crippen molar-refractivity contribution in [2.24, 2.45) is 0 Å². The lowest BCUT2D eigenvalue weighted by Gasteiger charge is -2.18. The van der Waals surface area contributed by atoms with Gasteiger partial charge in [-0.15, -0.1) is 0 Å². The monoisotopic (exact) mass is 470 g/mol. The van der Waals surface area contributed by atoms with Gasteiger partial charge in [-0.25, -0.2) is 4.42 Å². The van der Waals surface area contributed by atoms with E-state index in [-0.39, 0.29) is 0 Å². The van der Waals surface area contributed by atoms with Crippen molar-refractivity contribution in [1.29, 1.82) is 0 Å². The minimum absolute atomic E-state index is 0.836. The molecule has 168 valence electrons. The Morgan fingerprint density at radius 1 is 0.667 bits per heavy atom. The van der Waals surface area contributed by atoms with E-state index in [1.54, 1.807) is 13.1 Å². The van der Waals surface area contributed by atoms with E-state index in [0.29, 0.717) is 0 Å². The Bertz CT molecular complexity index is 1400. The number of halogens is 5. The van der Waals surface area contributed by atoms with E-state index in [2.05, 4.69) is 36.4 Å². The normalized spacial score (nSPS) is 12.1. The van der Waals surface area contributed by atoms with Gasteiger partial charge in [0.1, 0.15) is 0 Å². The predicted octanol–water partition coefficient (Wildman–Crippen LogP) is 8.37. The summed E-state index contributed by atoms with van der Waals surface area (Å²) in [6, 6.07) is 28.4. The van der Waals surface area contributed by atoms with Gasteiger partial charge < -0.3 is 21.4 Å². The second-order valence-corrected chi connectivity index (χ2v) is 11.6. The summed E-state index contributed by atoms with van der Waals surface area (Å²) < 4.78 is 60.4. The molecule has 0 aliphatic carbocycles. The molecule has 8 heteroatoms. The first-order chi connectivity index (χ1) is 15.5. The van der Waals surface area contributed by atoms with Crippen LogP contribution in [0.4, 0.5) is 21.4 Å². The molecule has 0 saturated heterocycles. The topological polar surface area (TPSA) is 11.3 Å². The summed E-state index contributed by atoms with van der Waals surface area (Å²) in [5.41, 5.74) is 3.84. The van der Waals surface area contributed by atoms with Crippen molar-refractivity contribution in [3.63, 3.8) is 0 Å². The van der Waals surface area contributed by atoms with Gasteiger partial charge in [0.25, 0.3) is 8.41 Å². The predicted molar refractivity (Wildman–Crippen MR) is 129 cm³/mol. The third-order valence-corrected chi connectivity index (χ3v) is 7.04. The lowest BCUT2D eigenvalue weighted by molar-refractivity contribution is 0.368. The molecule has 1 aromatic heterocycles. The molecule has 0 bridgehead atoms. The quantitative estimate of drug-likeness (QED) is 0.0830. The van der Waals surface area contributed by atoms with Gasteiger partial charge in [-0.3, -0.25) is 0 Å². The summed E-state index contributed by atoms with van der Waals surface area (Å²) in [4.78, 5) is 0. The standard InChI is InChI=1S/C25H20FOSi.BF4/c1-28(2,26)23-16-8-10-17-9-7-13-20(24(17)23)25-18-11-3-5-14-21(18)27-22-15-6-4-12-19(22)25;2-1(3,4)5/h3-16H,1-2H3;/q+1;-1. The van der Waals surface area contributed by atoms with Crippen molar-refractivity contribution in [3.8, 4) is 11.1 Å². The summed E-state index contributed by atoms with van der Waals surface area (Å²) >= 11 is 0. The van der Waals surface area contributed by atoms with Gasteiger partial charge in [-0.05, 0) is 46.7 Å². The Morgan fingerprint density at radius 3 is 1.67 bits per heavy atom. The van der Waals surface area contributed by atoms with Crippen LogP contribution in [-0.4, -0.2) is 15.7 Å². The van der Waals surface area contributed by atoms with E-state index in [1.165, 1.54) is 0 Å². The van der Waals surface area contributed by atoms with E-state index in [0.717, 1.165) is 49.0 Å². The largest absolute Gasteiger partial charge is 0.673 e. The van der Waals surface area contributed by atoms with Crippen molar-refractivity contribution >= 4 is 53.6 Å². The zero-order valence-electron chi connectivity index (χ0n) is 18.0. The molecule has 0 fully saturated rings. The van der Waals surface area contributed by atoms with Crippen LogP contribution in [0.25, 0.3) is 43.8 Å². The van der Waals surface area contributed by atoms with Gasteiger partial charge in [0, 0.05) is 17.7 Å². The first kappa shape index (κ1) is 22.9. The van der Waals surface area contributed by atoms with Crippen molar-refractivity contribution in [2.75, 3.05) is 0 Å². The third-order valence-electron chi connectivity index (χ3n) is 5.35. The Labute approximate surface area is 188 Å². The minimum Gasteiger partial charge on any atom is -0.418 e. The first-order valence-corrected chi connectivity index (χ1v) is 13.2. The Hall–Kier alpha value is -3.26. The molecule has 4 aromatic carbocycles. The molecule has 0 aliphatic rings. The lowest BCUT2D eigenvalue weighted by atomic mass is 9.93. The maximum absolute atomic E-state index is 15.3. The number of benzene rings is 4. The molecule has 0 radical (unpaired) electrons. The summed E-state index contributed by atoms with van der Waals surface area (Å²) in [7, 11) is -9.02. The van der Waals surface area contributed by atoms with E-state index in [9.17, 15) is 17.3 Å². The number of para-hydroxylation sites is 2. The summed E-state index contributed by atoms with van der Waals surface area (Å²) in [6.45, 7) is 3.52. The highest BCUT2D eigenvalue weighted by atomic mass is 28.4. The van der Waals surface area contributed by atoms with Crippen LogP contribution in [0, 0.1) is 0 Å². The van der Waals surface area contributed by atoms with Crippen LogP contribution in [0.15, 0.2) is 89.3 Å². The molecule has 0 atom stereocenters. The lowest BCUT2D eigenvalue weighted by Crippen LogP contribution is -2.37. The van der Waals surface area contributed by atoms with Crippen LogP contribution in [0.2, 0.25) is 13.1 Å². The van der Waals surface area contributed by atoms with Gasteiger partial charge in [0.2, 0.25) is 0 Å². The SMILES string of the molecule is C[Si](C)(F)c1cccc2cccc(-c3c4ccccc4[o+]c4ccccc34)c12.F[B-](F)(F)F. The molecule has 0 N–H and O–H groups in total. The molecular formula is C25H20BF5OSi. The fraction of sp³-hybridized carbons (Fsp3) is 0.0800. The van der Waals surface area contributed by atoms with E-state index in [4.69, 9.17) is 4.42 Å². The van der Waals surface area contributed by atoms with Crippen LogP contribution < -0.4 is 5.19 Å². The van der Waals surface area contributed by atoms with E-state index >= 15 is 4.11 Å². The van der Waals surface area contributed by atoms with Gasteiger partial charge in [0.05, 0.1) is 10.8 Å². The van der Waals surface area contributed by atoms with Crippen LogP contribution in [0.1, 0.15) is 0 Å². The average Bonchev–Trinajstić information content (AvgIpc) is 2.75. The number of hydrogen-bond donors (Lipinski definition) is 0. The molecule has 0 saturated carbocycles. The number of rotatable bonds is 2. The second-order valence-electron chi connectivity index (χ2n) is 8.15. The molecule has 0 unspecified atom stereocenters. The van der Waals surface area contributed by atoms with E-state index < -0.39 is 15.7 Å². The highest BCUT2D eigenvalue weighted by molar-refractivity contribution is 6.86. The molecule has 5 rings (SSSR count). The number of hydrogen-bond acceptors (Lipinski definition) is 0. The minimum atomic E-state index is -6.00. The Balaban J connectivity index is 0.000000471. The fourth-order valence-corrected chi connectivity index (χ4v) is 5.49.